The molecular formula is C15H20ClN3O4. The Labute approximate surface area is 139 Å². The van der Waals surface area contributed by atoms with E-state index in [4.69, 9.17) is 21.1 Å². The summed E-state index contributed by atoms with van der Waals surface area (Å²) >= 11 is 6.39. The number of ether oxygens (including phenoxy) is 2. The molecule has 0 radical (unpaired) electrons. The molecule has 2 fully saturated rings. The monoisotopic (exact) mass is 341 g/mol. The molecule has 1 aromatic heterocycles. The van der Waals surface area contributed by atoms with Gasteiger partial charge in [-0.3, -0.25) is 0 Å². The molecule has 126 valence electrons. The highest BCUT2D eigenvalue weighted by Crippen LogP contribution is 2.41. The van der Waals surface area contributed by atoms with Crippen molar-refractivity contribution < 1.29 is 19.4 Å². The molecule has 1 saturated carbocycles. The van der Waals surface area contributed by atoms with Crippen LogP contribution in [0.3, 0.4) is 0 Å². The Balaban J connectivity index is 2.05. The van der Waals surface area contributed by atoms with Gasteiger partial charge in [-0.05, 0) is 26.2 Å². The van der Waals surface area contributed by atoms with Crippen molar-refractivity contribution >= 4 is 23.4 Å². The maximum atomic E-state index is 12.0. The van der Waals surface area contributed by atoms with Gasteiger partial charge >= 0.3 is 5.97 Å². The first kappa shape index (κ1) is 16.4. The highest BCUT2D eigenvalue weighted by Gasteiger charge is 2.36. The van der Waals surface area contributed by atoms with Gasteiger partial charge in [-0.15, -0.1) is 0 Å². The molecule has 1 aliphatic carbocycles. The molecule has 0 bridgehead atoms. The highest BCUT2D eigenvalue weighted by molar-refractivity contribution is 6.35. The van der Waals surface area contributed by atoms with E-state index in [0.29, 0.717) is 31.2 Å². The minimum Gasteiger partial charge on any atom is -0.464 e. The lowest BCUT2D eigenvalue weighted by Crippen LogP contribution is -2.42. The van der Waals surface area contributed by atoms with Crippen LogP contribution in [0, 0.1) is 0 Å². The zero-order chi connectivity index (χ0) is 16.6. The number of methoxy groups -OCH3 is 1. The van der Waals surface area contributed by atoms with E-state index in [1.165, 1.54) is 7.11 Å². The smallest absolute Gasteiger partial charge is 0.358 e. The topological polar surface area (TPSA) is 84.8 Å². The number of halogens is 1. The molecule has 1 aliphatic heterocycles. The predicted octanol–water partition coefficient (Wildman–Crippen LogP) is 1.73. The van der Waals surface area contributed by atoms with E-state index >= 15 is 0 Å². The van der Waals surface area contributed by atoms with Crippen LogP contribution in [-0.4, -0.2) is 53.6 Å². The fourth-order valence-corrected chi connectivity index (χ4v) is 3.08. The number of nitrogens with zero attached hydrogens (tertiary/aromatic N) is 3. The van der Waals surface area contributed by atoms with Crippen molar-refractivity contribution in [2.24, 2.45) is 0 Å². The molecule has 7 nitrogen and oxygen atoms in total. The maximum Gasteiger partial charge on any atom is 0.358 e. The summed E-state index contributed by atoms with van der Waals surface area (Å²) in [5.74, 6) is 0.746. The first-order valence-corrected chi connectivity index (χ1v) is 8.16. The number of aliphatic hydroxyl groups is 1. The van der Waals surface area contributed by atoms with Gasteiger partial charge in [0.25, 0.3) is 0 Å². The summed E-state index contributed by atoms with van der Waals surface area (Å²) in [5.41, 5.74) is 0.0768. The summed E-state index contributed by atoms with van der Waals surface area (Å²) in [6.07, 6.45) is 1.78. The number of carbonyl (C=O) groups is 1. The second-order valence-electron chi connectivity index (χ2n) is 5.74. The van der Waals surface area contributed by atoms with Crippen LogP contribution < -0.4 is 4.90 Å². The van der Waals surface area contributed by atoms with E-state index < -0.39 is 12.3 Å². The predicted molar refractivity (Wildman–Crippen MR) is 83.7 cm³/mol. The largest absolute Gasteiger partial charge is 0.464 e. The molecule has 0 aromatic carbocycles. The third kappa shape index (κ3) is 3.13. The number of hydrogen-bond acceptors (Lipinski definition) is 7. The molecule has 2 aliphatic rings. The van der Waals surface area contributed by atoms with Gasteiger partial charge < -0.3 is 19.5 Å². The van der Waals surface area contributed by atoms with Crippen molar-refractivity contribution in [1.29, 1.82) is 0 Å². The van der Waals surface area contributed by atoms with Gasteiger partial charge in [-0.1, -0.05) is 11.6 Å². The van der Waals surface area contributed by atoms with Crippen molar-refractivity contribution in [3.05, 3.63) is 16.5 Å². The molecule has 3 rings (SSSR count). The number of carbonyl (C=O) groups excluding carboxylic acids is 1. The highest BCUT2D eigenvalue weighted by atomic mass is 35.5. The van der Waals surface area contributed by atoms with Gasteiger partial charge in [0.1, 0.15) is 10.8 Å². The molecule has 1 N–H and O–H groups in total. The van der Waals surface area contributed by atoms with Crippen LogP contribution in [-0.2, 0) is 9.47 Å². The lowest BCUT2D eigenvalue weighted by Gasteiger charge is -2.31. The average molecular weight is 342 g/mol. The number of hydrogen-bond donors (Lipinski definition) is 1. The molecule has 23 heavy (non-hydrogen) atoms. The molecule has 2 unspecified atom stereocenters. The van der Waals surface area contributed by atoms with Gasteiger partial charge in [0.2, 0.25) is 0 Å². The number of likely N-dealkylation sites (N-methyl/N-ethyl adjacent to an activating group) is 1. The molecule has 2 atom stereocenters. The first-order chi connectivity index (χ1) is 11.1. The van der Waals surface area contributed by atoms with E-state index in [9.17, 15) is 9.90 Å². The van der Waals surface area contributed by atoms with Crippen LogP contribution in [0.4, 0.5) is 5.82 Å². The van der Waals surface area contributed by atoms with Crippen LogP contribution >= 0.6 is 11.6 Å². The lowest BCUT2D eigenvalue weighted by atomic mass is 10.2. The molecular weight excluding hydrogens is 322 g/mol. The quantitative estimate of drug-likeness (QED) is 0.816. The number of aromatic nitrogens is 2. The Morgan fingerprint density at radius 1 is 1.43 bits per heavy atom. The molecule has 8 heteroatoms. The van der Waals surface area contributed by atoms with Crippen LogP contribution in [0.1, 0.15) is 48.4 Å². The normalized spacial score (nSPS) is 23.8. The van der Waals surface area contributed by atoms with E-state index in [-0.39, 0.29) is 22.7 Å². The van der Waals surface area contributed by atoms with E-state index in [0.717, 1.165) is 12.8 Å². The summed E-state index contributed by atoms with van der Waals surface area (Å²) in [6.45, 7) is 3.00. The van der Waals surface area contributed by atoms with Crippen LogP contribution in [0.2, 0.25) is 5.02 Å². The zero-order valence-corrected chi connectivity index (χ0v) is 13.9. The minimum atomic E-state index is -0.896. The standard InChI is InChI=1S/C15H20ClN3O4/c1-3-19(9-6-7-23-14(9)20)13-10(16)11(15(21)22-2)17-12(18-13)8-4-5-8/h8-9,14,20H,3-7H2,1-2H3. The van der Waals surface area contributed by atoms with Gasteiger partial charge in [0.05, 0.1) is 19.8 Å². The average Bonchev–Trinajstić information content (AvgIpc) is 3.32. The number of anilines is 1. The van der Waals surface area contributed by atoms with E-state index in [1.54, 1.807) is 0 Å². The third-order valence-corrected chi connectivity index (χ3v) is 4.56. The van der Waals surface area contributed by atoms with Crippen molar-refractivity contribution in [2.75, 3.05) is 25.2 Å². The number of aliphatic hydroxyl groups excluding tert-OH is 1. The molecule has 1 aromatic rings. The van der Waals surface area contributed by atoms with Crippen LogP contribution in [0.25, 0.3) is 0 Å². The fourth-order valence-electron chi connectivity index (χ4n) is 2.81. The number of esters is 1. The van der Waals surface area contributed by atoms with E-state index in [2.05, 4.69) is 9.97 Å². The summed E-state index contributed by atoms with van der Waals surface area (Å²) in [5, 5.41) is 10.2. The summed E-state index contributed by atoms with van der Waals surface area (Å²) in [4.78, 5) is 22.7. The maximum absolute atomic E-state index is 12.0. The first-order valence-electron chi connectivity index (χ1n) is 7.78. The summed E-state index contributed by atoms with van der Waals surface area (Å²) in [6, 6.07) is -0.245. The van der Waals surface area contributed by atoms with Crippen LogP contribution in [0.5, 0.6) is 0 Å². The Hall–Kier alpha value is -1.44. The molecule has 0 amide bonds. The van der Waals surface area contributed by atoms with Gasteiger partial charge in [-0.2, -0.15) is 0 Å². The lowest BCUT2D eigenvalue weighted by molar-refractivity contribution is -0.0674. The van der Waals surface area contributed by atoms with Gasteiger partial charge in [0.15, 0.2) is 17.8 Å². The summed E-state index contributed by atoms with van der Waals surface area (Å²) in [7, 11) is 1.30. The fraction of sp³-hybridized carbons (Fsp3) is 0.667. The van der Waals surface area contributed by atoms with Crippen molar-refractivity contribution in [2.45, 2.75) is 44.4 Å². The van der Waals surface area contributed by atoms with Crippen molar-refractivity contribution in [3.63, 3.8) is 0 Å². The Morgan fingerprint density at radius 3 is 2.70 bits per heavy atom. The molecule has 1 saturated heterocycles. The second-order valence-corrected chi connectivity index (χ2v) is 6.12. The Bertz CT molecular complexity index is 609. The van der Waals surface area contributed by atoms with Crippen LogP contribution in [0.15, 0.2) is 0 Å². The summed E-state index contributed by atoms with van der Waals surface area (Å²) < 4.78 is 10.0. The molecule has 0 spiro atoms. The SMILES string of the molecule is CCN(c1nc(C2CC2)nc(C(=O)OC)c1Cl)C1CCOC1O. The van der Waals surface area contributed by atoms with E-state index in [1.807, 2.05) is 11.8 Å². The van der Waals surface area contributed by atoms with Crippen molar-refractivity contribution in [3.8, 4) is 0 Å². The molecule has 2 heterocycles. The minimum absolute atomic E-state index is 0.0768. The third-order valence-electron chi connectivity index (χ3n) is 4.22. The Morgan fingerprint density at radius 2 is 2.17 bits per heavy atom. The zero-order valence-electron chi connectivity index (χ0n) is 13.2. The second kappa shape index (κ2) is 6.59. The number of rotatable bonds is 5. The van der Waals surface area contributed by atoms with Gasteiger partial charge in [0, 0.05) is 12.5 Å². The Kier molecular flexibility index (Phi) is 4.70. The van der Waals surface area contributed by atoms with Crippen molar-refractivity contribution in [1.82, 2.24) is 9.97 Å². The van der Waals surface area contributed by atoms with Gasteiger partial charge in [-0.25, -0.2) is 14.8 Å².